The normalized spacial score (nSPS) is 10.8. The van der Waals surface area contributed by atoms with Gasteiger partial charge in [0.25, 0.3) is 0 Å². The number of hydrogen-bond donors (Lipinski definition) is 1. The van der Waals surface area contributed by atoms with E-state index in [4.69, 9.17) is 4.74 Å². The SMILES string of the molecule is Cc1cccc(Oc2ccccc2CNc2nccn3c(C)nnc23)c1. The van der Waals surface area contributed by atoms with Crippen molar-refractivity contribution in [1.29, 1.82) is 0 Å². The Morgan fingerprint density at radius 2 is 1.92 bits per heavy atom. The Labute approximate surface area is 151 Å². The molecular formula is C20H19N5O. The number of rotatable bonds is 5. The first-order valence-electron chi connectivity index (χ1n) is 8.43. The summed E-state index contributed by atoms with van der Waals surface area (Å²) in [6.07, 6.45) is 3.59. The Kier molecular flexibility index (Phi) is 4.23. The summed E-state index contributed by atoms with van der Waals surface area (Å²) in [5.41, 5.74) is 2.91. The molecule has 2 aromatic carbocycles. The first kappa shape index (κ1) is 16.1. The zero-order valence-corrected chi connectivity index (χ0v) is 14.7. The molecule has 0 aliphatic carbocycles. The molecular weight excluding hydrogens is 326 g/mol. The van der Waals surface area contributed by atoms with Crippen LogP contribution in [0.5, 0.6) is 11.5 Å². The summed E-state index contributed by atoms with van der Waals surface area (Å²) < 4.78 is 7.98. The molecule has 6 nitrogen and oxygen atoms in total. The van der Waals surface area contributed by atoms with Crippen LogP contribution in [0.2, 0.25) is 0 Å². The summed E-state index contributed by atoms with van der Waals surface area (Å²) >= 11 is 0. The summed E-state index contributed by atoms with van der Waals surface area (Å²) in [5, 5.41) is 11.6. The first-order chi connectivity index (χ1) is 12.7. The van der Waals surface area contributed by atoms with Crippen LogP contribution >= 0.6 is 0 Å². The van der Waals surface area contributed by atoms with E-state index in [1.807, 2.05) is 73.0 Å². The van der Waals surface area contributed by atoms with Crippen LogP contribution in [-0.4, -0.2) is 19.6 Å². The van der Waals surface area contributed by atoms with E-state index >= 15 is 0 Å². The molecule has 0 unspecified atom stereocenters. The number of ether oxygens (including phenoxy) is 1. The molecule has 2 aromatic heterocycles. The van der Waals surface area contributed by atoms with Gasteiger partial charge >= 0.3 is 0 Å². The maximum absolute atomic E-state index is 6.08. The van der Waals surface area contributed by atoms with Gasteiger partial charge in [-0.25, -0.2) is 4.98 Å². The third kappa shape index (κ3) is 3.21. The molecule has 0 saturated carbocycles. The van der Waals surface area contributed by atoms with Gasteiger partial charge in [-0.05, 0) is 37.6 Å². The Morgan fingerprint density at radius 1 is 1.04 bits per heavy atom. The zero-order valence-electron chi connectivity index (χ0n) is 14.7. The third-order valence-corrected chi connectivity index (χ3v) is 4.13. The van der Waals surface area contributed by atoms with Crippen molar-refractivity contribution in [1.82, 2.24) is 19.6 Å². The molecule has 0 aliphatic heterocycles. The number of para-hydroxylation sites is 1. The number of aryl methyl sites for hydroxylation is 2. The van der Waals surface area contributed by atoms with Crippen molar-refractivity contribution >= 4 is 11.5 Å². The van der Waals surface area contributed by atoms with Crippen molar-refractivity contribution in [2.24, 2.45) is 0 Å². The van der Waals surface area contributed by atoms with E-state index < -0.39 is 0 Å². The first-order valence-corrected chi connectivity index (χ1v) is 8.43. The molecule has 0 atom stereocenters. The van der Waals surface area contributed by atoms with Gasteiger partial charge in [-0.15, -0.1) is 10.2 Å². The Balaban J connectivity index is 1.57. The van der Waals surface area contributed by atoms with Crippen LogP contribution in [0.15, 0.2) is 60.9 Å². The number of anilines is 1. The lowest BCUT2D eigenvalue weighted by molar-refractivity contribution is 0.476. The average Bonchev–Trinajstić information content (AvgIpc) is 3.03. The lowest BCUT2D eigenvalue weighted by atomic mass is 10.2. The molecule has 4 rings (SSSR count). The summed E-state index contributed by atoms with van der Waals surface area (Å²) in [6.45, 7) is 4.53. The fourth-order valence-corrected chi connectivity index (χ4v) is 2.80. The molecule has 0 saturated heterocycles. The molecule has 0 bridgehead atoms. The van der Waals surface area contributed by atoms with Gasteiger partial charge in [0.15, 0.2) is 5.82 Å². The molecule has 6 heteroatoms. The quantitative estimate of drug-likeness (QED) is 0.589. The molecule has 0 fully saturated rings. The van der Waals surface area contributed by atoms with Gasteiger partial charge in [-0.3, -0.25) is 4.40 Å². The van der Waals surface area contributed by atoms with Crippen LogP contribution in [0.3, 0.4) is 0 Å². The lowest BCUT2D eigenvalue weighted by Crippen LogP contribution is -2.05. The van der Waals surface area contributed by atoms with Crippen molar-refractivity contribution in [3.05, 3.63) is 77.9 Å². The molecule has 0 amide bonds. The van der Waals surface area contributed by atoms with Gasteiger partial charge in [-0.1, -0.05) is 30.3 Å². The van der Waals surface area contributed by atoms with Crippen LogP contribution in [0.25, 0.3) is 5.65 Å². The van der Waals surface area contributed by atoms with Crippen molar-refractivity contribution < 1.29 is 4.74 Å². The third-order valence-electron chi connectivity index (χ3n) is 4.13. The molecule has 0 spiro atoms. The molecule has 1 N–H and O–H groups in total. The van der Waals surface area contributed by atoms with Crippen molar-refractivity contribution in [2.45, 2.75) is 20.4 Å². The molecule has 4 aromatic rings. The highest BCUT2D eigenvalue weighted by Crippen LogP contribution is 2.26. The highest BCUT2D eigenvalue weighted by atomic mass is 16.5. The van der Waals surface area contributed by atoms with Crippen LogP contribution < -0.4 is 10.1 Å². The molecule has 0 radical (unpaired) electrons. The number of hydrogen-bond acceptors (Lipinski definition) is 5. The van der Waals surface area contributed by atoms with Gasteiger partial charge in [0, 0.05) is 24.5 Å². The minimum Gasteiger partial charge on any atom is -0.457 e. The van der Waals surface area contributed by atoms with Crippen LogP contribution in [0, 0.1) is 13.8 Å². The number of nitrogens with zero attached hydrogens (tertiary/aromatic N) is 4. The van der Waals surface area contributed by atoms with E-state index in [-0.39, 0.29) is 0 Å². The number of aromatic nitrogens is 4. The predicted molar refractivity (Wildman–Crippen MR) is 101 cm³/mol. The summed E-state index contributed by atoms with van der Waals surface area (Å²) in [4.78, 5) is 4.39. The Hall–Kier alpha value is -3.41. The lowest BCUT2D eigenvalue weighted by Gasteiger charge is -2.13. The van der Waals surface area contributed by atoms with Crippen LogP contribution in [0.4, 0.5) is 5.82 Å². The minimum absolute atomic E-state index is 0.570. The molecule has 2 heterocycles. The highest BCUT2D eigenvalue weighted by molar-refractivity contribution is 5.62. The van der Waals surface area contributed by atoms with Gasteiger partial charge in [0.2, 0.25) is 5.65 Å². The highest BCUT2D eigenvalue weighted by Gasteiger charge is 2.09. The fourth-order valence-electron chi connectivity index (χ4n) is 2.80. The maximum atomic E-state index is 6.08. The largest absolute Gasteiger partial charge is 0.457 e. The number of nitrogens with one attached hydrogen (secondary N) is 1. The van der Waals surface area contributed by atoms with Gasteiger partial charge in [-0.2, -0.15) is 0 Å². The van der Waals surface area contributed by atoms with Crippen LogP contribution in [0.1, 0.15) is 17.0 Å². The van der Waals surface area contributed by atoms with E-state index in [1.165, 1.54) is 0 Å². The minimum atomic E-state index is 0.570. The second-order valence-electron chi connectivity index (χ2n) is 6.10. The van der Waals surface area contributed by atoms with E-state index in [0.717, 1.165) is 28.5 Å². The van der Waals surface area contributed by atoms with E-state index in [0.29, 0.717) is 18.0 Å². The van der Waals surface area contributed by atoms with Gasteiger partial charge in [0.1, 0.15) is 17.3 Å². The summed E-state index contributed by atoms with van der Waals surface area (Å²) in [7, 11) is 0. The van der Waals surface area contributed by atoms with Crippen molar-refractivity contribution in [2.75, 3.05) is 5.32 Å². The summed E-state index contributed by atoms with van der Waals surface area (Å²) in [5.74, 6) is 3.16. The zero-order chi connectivity index (χ0) is 17.9. The number of benzene rings is 2. The van der Waals surface area contributed by atoms with Gasteiger partial charge < -0.3 is 10.1 Å². The fraction of sp³-hybridized carbons (Fsp3) is 0.150. The predicted octanol–water partition coefficient (Wildman–Crippen LogP) is 4.15. The average molecular weight is 345 g/mol. The monoisotopic (exact) mass is 345 g/mol. The van der Waals surface area contributed by atoms with E-state index in [2.05, 4.69) is 20.5 Å². The smallest absolute Gasteiger partial charge is 0.203 e. The second-order valence-corrected chi connectivity index (χ2v) is 6.10. The van der Waals surface area contributed by atoms with Crippen molar-refractivity contribution in [3.63, 3.8) is 0 Å². The molecule has 0 aliphatic rings. The number of fused-ring (bicyclic) bond motifs is 1. The Bertz CT molecular complexity index is 1060. The molecule has 130 valence electrons. The summed E-state index contributed by atoms with van der Waals surface area (Å²) in [6, 6.07) is 16.0. The molecule has 26 heavy (non-hydrogen) atoms. The topological polar surface area (TPSA) is 64.3 Å². The standard InChI is InChI=1S/C20H19N5O/c1-14-6-5-8-17(12-14)26-18-9-4-3-7-16(18)13-22-19-20-24-23-15(2)25(20)11-10-21-19/h3-12H,13H2,1-2H3,(H,21,22). The van der Waals surface area contributed by atoms with E-state index in [9.17, 15) is 0 Å². The van der Waals surface area contributed by atoms with E-state index in [1.54, 1.807) is 6.20 Å². The van der Waals surface area contributed by atoms with Gasteiger partial charge in [0.05, 0.1) is 0 Å². The van der Waals surface area contributed by atoms with Crippen LogP contribution in [-0.2, 0) is 6.54 Å². The Morgan fingerprint density at radius 3 is 2.81 bits per heavy atom. The maximum Gasteiger partial charge on any atom is 0.203 e. The second kappa shape index (κ2) is 6.84. The van der Waals surface area contributed by atoms with Crippen molar-refractivity contribution in [3.8, 4) is 11.5 Å².